The van der Waals surface area contributed by atoms with Crippen molar-refractivity contribution in [3.05, 3.63) is 47.6 Å². The van der Waals surface area contributed by atoms with E-state index in [1.165, 1.54) is 5.56 Å². The molecule has 0 bridgehead atoms. The molecule has 0 aliphatic carbocycles. The fourth-order valence-electron chi connectivity index (χ4n) is 1.74. The highest BCUT2D eigenvalue weighted by molar-refractivity contribution is 5.15. The van der Waals surface area contributed by atoms with Crippen LogP contribution in [0.3, 0.4) is 0 Å². The molecule has 2 rings (SSSR count). The first kappa shape index (κ1) is 13.7. The first-order valence-corrected chi connectivity index (χ1v) is 6.49. The molecule has 1 unspecified atom stereocenters. The number of hydrogen-bond acceptors (Lipinski definition) is 5. The summed E-state index contributed by atoms with van der Waals surface area (Å²) in [4.78, 5) is 4.30. The summed E-state index contributed by atoms with van der Waals surface area (Å²) in [5.74, 6) is 1.13. The van der Waals surface area contributed by atoms with Gasteiger partial charge in [-0.05, 0) is 18.9 Å². The minimum atomic E-state index is -0.325. The summed E-state index contributed by atoms with van der Waals surface area (Å²) in [5, 5.41) is 3.89. The molecule has 5 heteroatoms. The van der Waals surface area contributed by atoms with E-state index in [0.29, 0.717) is 24.9 Å². The first-order chi connectivity index (χ1) is 9.29. The van der Waals surface area contributed by atoms with Crippen LogP contribution >= 0.6 is 0 Å². The van der Waals surface area contributed by atoms with Crippen LogP contribution in [-0.2, 0) is 17.6 Å². The second-order valence-corrected chi connectivity index (χ2v) is 4.30. The van der Waals surface area contributed by atoms with Gasteiger partial charge in [0.1, 0.15) is 0 Å². The maximum absolute atomic E-state index is 5.89. The Hall–Kier alpha value is -1.72. The van der Waals surface area contributed by atoms with Crippen LogP contribution in [0.25, 0.3) is 0 Å². The van der Waals surface area contributed by atoms with Crippen LogP contribution in [-0.4, -0.2) is 23.4 Å². The Morgan fingerprint density at radius 1 is 1.26 bits per heavy atom. The Bertz CT molecular complexity index is 484. The average Bonchev–Trinajstić information content (AvgIpc) is 2.92. The predicted molar refractivity (Wildman–Crippen MR) is 71.6 cm³/mol. The third-order valence-corrected chi connectivity index (χ3v) is 2.79. The summed E-state index contributed by atoms with van der Waals surface area (Å²) in [5.41, 5.74) is 7.14. The largest absolute Gasteiger partial charge is 0.380 e. The number of aromatic nitrogens is 2. The maximum Gasteiger partial charge on any atom is 0.227 e. The molecule has 5 nitrogen and oxygen atoms in total. The van der Waals surface area contributed by atoms with Gasteiger partial charge < -0.3 is 15.0 Å². The van der Waals surface area contributed by atoms with E-state index in [2.05, 4.69) is 22.3 Å². The normalized spacial score (nSPS) is 12.5. The summed E-state index contributed by atoms with van der Waals surface area (Å²) in [6.07, 6.45) is 1.60. The molecule has 0 amide bonds. The third-order valence-electron chi connectivity index (χ3n) is 2.79. The standard InChI is InChI=1S/C14H19N3O2/c1-2-18-10-12(15)14-16-13(19-17-14)9-8-11-6-4-3-5-7-11/h3-7,12H,2,8-10,15H2,1H3. The molecule has 2 aromatic rings. The van der Waals surface area contributed by atoms with E-state index in [9.17, 15) is 0 Å². The van der Waals surface area contributed by atoms with Crippen molar-refractivity contribution in [2.75, 3.05) is 13.2 Å². The Balaban J connectivity index is 1.87. The van der Waals surface area contributed by atoms with Crippen molar-refractivity contribution in [2.45, 2.75) is 25.8 Å². The van der Waals surface area contributed by atoms with Gasteiger partial charge in [-0.2, -0.15) is 4.98 Å². The Morgan fingerprint density at radius 3 is 2.79 bits per heavy atom. The van der Waals surface area contributed by atoms with Crippen LogP contribution in [0.4, 0.5) is 0 Å². The lowest BCUT2D eigenvalue weighted by molar-refractivity contribution is 0.130. The van der Waals surface area contributed by atoms with E-state index in [1.807, 2.05) is 25.1 Å². The number of aryl methyl sites for hydroxylation is 2. The van der Waals surface area contributed by atoms with E-state index in [-0.39, 0.29) is 6.04 Å². The fourth-order valence-corrected chi connectivity index (χ4v) is 1.74. The average molecular weight is 261 g/mol. The minimum absolute atomic E-state index is 0.325. The van der Waals surface area contributed by atoms with Crippen molar-refractivity contribution in [2.24, 2.45) is 5.73 Å². The highest BCUT2D eigenvalue weighted by atomic mass is 16.5. The predicted octanol–water partition coefficient (Wildman–Crippen LogP) is 1.89. The van der Waals surface area contributed by atoms with Gasteiger partial charge in [-0.25, -0.2) is 0 Å². The van der Waals surface area contributed by atoms with Crippen LogP contribution in [0, 0.1) is 0 Å². The smallest absolute Gasteiger partial charge is 0.227 e. The first-order valence-electron chi connectivity index (χ1n) is 6.49. The molecular weight excluding hydrogens is 242 g/mol. The van der Waals surface area contributed by atoms with Crippen molar-refractivity contribution < 1.29 is 9.26 Å². The lowest BCUT2D eigenvalue weighted by Gasteiger charge is -2.05. The van der Waals surface area contributed by atoms with Gasteiger partial charge >= 0.3 is 0 Å². The quantitative estimate of drug-likeness (QED) is 0.823. The van der Waals surface area contributed by atoms with E-state index in [1.54, 1.807) is 0 Å². The van der Waals surface area contributed by atoms with Crippen molar-refractivity contribution >= 4 is 0 Å². The molecule has 0 radical (unpaired) electrons. The zero-order valence-corrected chi connectivity index (χ0v) is 11.1. The summed E-state index contributed by atoms with van der Waals surface area (Å²) in [6, 6.07) is 9.88. The minimum Gasteiger partial charge on any atom is -0.380 e. The second kappa shape index (κ2) is 7.01. The third kappa shape index (κ3) is 4.15. The molecule has 0 saturated heterocycles. The molecule has 0 saturated carbocycles. The molecule has 1 aromatic heterocycles. The molecule has 0 aliphatic heterocycles. The van der Waals surface area contributed by atoms with Crippen LogP contribution in [0.15, 0.2) is 34.9 Å². The Morgan fingerprint density at radius 2 is 2.05 bits per heavy atom. The molecule has 1 aromatic carbocycles. The number of hydrogen-bond donors (Lipinski definition) is 1. The zero-order valence-electron chi connectivity index (χ0n) is 11.1. The second-order valence-electron chi connectivity index (χ2n) is 4.30. The van der Waals surface area contributed by atoms with Gasteiger partial charge in [-0.3, -0.25) is 0 Å². The highest BCUT2D eigenvalue weighted by Gasteiger charge is 2.14. The van der Waals surface area contributed by atoms with Gasteiger partial charge in [-0.15, -0.1) is 0 Å². The molecule has 2 N–H and O–H groups in total. The van der Waals surface area contributed by atoms with Gasteiger partial charge in [0, 0.05) is 13.0 Å². The summed E-state index contributed by atoms with van der Waals surface area (Å²) >= 11 is 0. The number of benzene rings is 1. The maximum atomic E-state index is 5.89. The van der Waals surface area contributed by atoms with Gasteiger partial charge in [0.05, 0.1) is 12.6 Å². The van der Waals surface area contributed by atoms with Crippen molar-refractivity contribution in [1.82, 2.24) is 10.1 Å². The van der Waals surface area contributed by atoms with Crippen molar-refractivity contribution in [3.8, 4) is 0 Å². The molecule has 102 valence electrons. The summed E-state index contributed by atoms with van der Waals surface area (Å²) < 4.78 is 10.4. The van der Waals surface area contributed by atoms with E-state index in [0.717, 1.165) is 12.8 Å². The molecule has 0 aliphatic rings. The topological polar surface area (TPSA) is 74.2 Å². The number of nitrogens with two attached hydrogens (primary N) is 1. The van der Waals surface area contributed by atoms with E-state index in [4.69, 9.17) is 15.0 Å². The van der Waals surface area contributed by atoms with E-state index < -0.39 is 0 Å². The Kier molecular flexibility index (Phi) is 5.06. The van der Waals surface area contributed by atoms with Crippen molar-refractivity contribution in [3.63, 3.8) is 0 Å². The molecular formula is C14H19N3O2. The molecule has 0 fully saturated rings. The zero-order chi connectivity index (χ0) is 13.5. The van der Waals surface area contributed by atoms with Crippen LogP contribution in [0.2, 0.25) is 0 Å². The number of nitrogens with zero attached hydrogens (tertiary/aromatic N) is 2. The van der Waals surface area contributed by atoms with Crippen LogP contribution in [0.5, 0.6) is 0 Å². The lowest BCUT2D eigenvalue weighted by atomic mass is 10.1. The van der Waals surface area contributed by atoms with E-state index >= 15 is 0 Å². The van der Waals surface area contributed by atoms with Gasteiger partial charge in [-0.1, -0.05) is 35.5 Å². The van der Waals surface area contributed by atoms with Gasteiger partial charge in [0.15, 0.2) is 5.82 Å². The van der Waals surface area contributed by atoms with Crippen molar-refractivity contribution in [1.29, 1.82) is 0 Å². The van der Waals surface area contributed by atoms with Crippen LogP contribution in [0.1, 0.15) is 30.2 Å². The van der Waals surface area contributed by atoms with Crippen LogP contribution < -0.4 is 5.73 Å². The fraction of sp³-hybridized carbons (Fsp3) is 0.429. The molecule has 1 atom stereocenters. The SMILES string of the molecule is CCOCC(N)c1noc(CCc2ccccc2)n1. The molecule has 19 heavy (non-hydrogen) atoms. The van der Waals surface area contributed by atoms with Gasteiger partial charge in [0.2, 0.25) is 5.89 Å². The summed E-state index contributed by atoms with van der Waals surface area (Å²) in [7, 11) is 0. The highest BCUT2D eigenvalue weighted by Crippen LogP contribution is 2.09. The monoisotopic (exact) mass is 261 g/mol. The molecule has 0 spiro atoms. The lowest BCUT2D eigenvalue weighted by Crippen LogP contribution is -2.18. The Labute approximate surface area is 112 Å². The number of rotatable bonds is 7. The summed E-state index contributed by atoms with van der Waals surface area (Å²) in [6.45, 7) is 2.97. The van der Waals surface area contributed by atoms with Gasteiger partial charge in [0.25, 0.3) is 0 Å². The number of ether oxygens (including phenoxy) is 1. The molecule has 1 heterocycles.